The average Bonchev–Trinajstić information content (AvgIpc) is 2.59. The Kier molecular flexibility index (Phi) is 4.35. The van der Waals surface area contributed by atoms with Crippen molar-refractivity contribution in [2.45, 2.75) is 6.10 Å². The van der Waals surface area contributed by atoms with Crippen LogP contribution in [0.25, 0.3) is 10.8 Å². The van der Waals surface area contributed by atoms with Gasteiger partial charge in [0.15, 0.2) is 0 Å². The Hall–Kier alpha value is -2.72. The maximum atomic E-state index is 13.1. The minimum atomic E-state index is -0.835. The fourth-order valence-corrected chi connectivity index (χ4v) is 2.57. The van der Waals surface area contributed by atoms with Crippen molar-refractivity contribution < 1.29 is 14.3 Å². The number of carbonyl (C=O) groups is 1. The van der Waals surface area contributed by atoms with Gasteiger partial charge in [-0.25, -0.2) is 4.39 Å². The smallest absolute Gasteiger partial charge is 0.251 e. The minimum absolute atomic E-state index is 0.0589. The van der Waals surface area contributed by atoms with Crippen molar-refractivity contribution in [2.75, 3.05) is 6.54 Å². The second-order valence-corrected chi connectivity index (χ2v) is 5.30. The summed E-state index contributed by atoms with van der Waals surface area (Å²) in [5, 5.41) is 15.0. The van der Waals surface area contributed by atoms with Crippen LogP contribution >= 0.6 is 0 Å². The number of amides is 1. The first-order valence-corrected chi connectivity index (χ1v) is 7.34. The predicted molar refractivity (Wildman–Crippen MR) is 87.6 cm³/mol. The van der Waals surface area contributed by atoms with Crippen LogP contribution in [-0.4, -0.2) is 17.6 Å². The summed E-state index contributed by atoms with van der Waals surface area (Å²) >= 11 is 0. The zero-order valence-corrected chi connectivity index (χ0v) is 12.4. The molecule has 0 radical (unpaired) electrons. The highest BCUT2D eigenvalue weighted by Gasteiger charge is 2.13. The normalized spacial score (nSPS) is 12.1. The van der Waals surface area contributed by atoms with E-state index in [0.29, 0.717) is 0 Å². The molecule has 3 nitrogen and oxygen atoms in total. The zero-order chi connectivity index (χ0) is 16.2. The highest BCUT2D eigenvalue weighted by atomic mass is 19.1. The monoisotopic (exact) mass is 309 g/mol. The SMILES string of the molecule is O=C(NC[C@H](O)c1cccc2ccccc12)c1cccc(F)c1. The van der Waals surface area contributed by atoms with Gasteiger partial charge in [-0.3, -0.25) is 4.79 Å². The topological polar surface area (TPSA) is 49.3 Å². The van der Waals surface area contributed by atoms with Crippen LogP contribution in [0.1, 0.15) is 22.0 Å². The third kappa shape index (κ3) is 3.38. The fourth-order valence-electron chi connectivity index (χ4n) is 2.57. The van der Waals surface area contributed by atoms with Gasteiger partial charge in [-0.1, -0.05) is 48.5 Å². The van der Waals surface area contributed by atoms with Gasteiger partial charge in [-0.2, -0.15) is 0 Å². The third-order valence-electron chi connectivity index (χ3n) is 3.73. The maximum absolute atomic E-state index is 13.1. The Morgan fingerprint density at radius 3 is 2.61 bits per heavy atom. The fraction of sp³-hybridized carbons (Fsp3) is 0.105. The van der Waals surface area contributed by atoms with E-state index in [2.05, 4.69) is 5.32 Å². The molecule has 0 aromatic heterocycles. The lowest BCUT2D eigenvalue weighted by molar-refractivity contribution is 0.0916. The second-order valence-electron chi connectivity index (χ2n) is 5.30. The number of fused-ring (bicyclic) bond motifs is 1. The van der Waals surface area contributed by atoms with Gasteiger partial charge in [-0.05, 0) is 34.5 Å². The molecule has 116 valence electrons. The van der Waals surface area contributed by atoms with Crippen LogP contribution in [0.2, 0.25) is 0 Å². The number of rotatable bonds is 4. The number of hydrogen-bond donors (Lipinski definition) is 2. The summed E-state index contributed by atoms with van der Waals surface area (Å²) < 4.78 is 13.1. The largest absolute Gasteiger partial charge is 0.387 e. The number of benzene rings is 3. The predicted octanol–water partition coefficient (Wildman–Crippen LogP) is 3.44. The van der Waals surface area contributed by atoms with Crippen molar-refractivity contribution in [3.63, 3.8) is 0 Å². The van der Waals surface area contributed by atoms with Gasteiger partial charge in [-0.15, -0.1) is 0 Å². The lowest BCUT2D eigenvalue weighted by Gasteiger charge is -2.15. The number of halogens is 1. The van der Waals surface area contributed by atoms with Gasteiger partial charge in [0.25, 0.3) is 5.91 Å². The molecule has 0 aliphatic carbocycles. The standard InChI is InChI=1S/C19H16FNO2/c20-15-8-3-7-14(11-15)19(23)21-12-18(22)17-10-4-6-13-5-1-2-9-16(13)17/h1-11,18,22H,12H2,(H,21,23)/t18-/m0/s1. The molecule has 3 aromatic carbocycles. The van der Waals surface area contributed by atoms with Crippen molar-refractivity contribution in [2.24, 2.45) is 0 Å². The lowest BCUT2D eigenvalue weighted by Crippen LogP contribution is -2.28. The first-order valence-electron chi connectivity index (χ1n) is 7.34. The summed E-state index contributed by atoms with van der Waals surface area (Å²) in [5.74, 6) is -0.879. The molecule has 0 saturated heterocycles. The van der Waals surface area contributed by atoms with E-state index in [1.54, 1.807) is 0 Å². The van der Waals surface area contributed by atoms with E-state index >= 15 is 0 Å². The third-order valence-corrected chi connectivity index (χ3v) is 3.73. The number of aliphatic hydroxyl groups is 1. The summed E-state index contributed by atoms with van der Waals surface area (Å²) in [6.45, 7) is 0.0589. The molecule has 0 fully saturated rings. The molecule has 0 heterocycles. The molecular weight excluding hydrogens is 293 g/mol. The van der Waals surface area contributed by atoms with Crippen molar-refractivity contribution in [1.29, 1.82) is 0 Å². The van der Waals surface area contributed by atoms with Crippen LogP contribution < -0.4 is 5.32 Å². The highest BCUT2D eigenvalue weighted by Crippen LogP contribution is 2.23. The Morgan fingerprint density at radius 2 is 1.78 bits per heavy atom. The zero-order valence-electron chi connectivity index (χ0n) is 12.4. The molecule has 23 heavy (non-hydrogen) atoms. The molecular formula is C19H16FNO2. The van der Waals surface area contributed by atoms with Gasteiger partial charge in [0, 0.05) is 12.1 Å². The Balaban J connectivity index is 1.74. The molecule has 3 rings (SSSR count). The van der Waals surface area contributed by atoms with E-state index in [9.17, 15) is 14.3 Å². The molecule has 0 bridgehead atoms. The molecule has 0 saturated carbocycles. The Labute approximate surface area is 133 Å². The quantitative estimate of drug-likeness (QED) is 0.775. The van der Waals surface area contributed by atoms with E-state index in [-0.39, 0.29) is 12.1 Å². The molecule has 1 amide bonds. The van der Waals surface area contributed by atoms with Gasteiger partial charge >= 0.3 is 0 Å². The summed E-state index contributed by atoms with van der Waals surface area (Å²) in [7, 11) is 0. The first-order chi connectivity index (χ1) is 11.1. The van der Waals surface area contributed by atoms with E-state index in [1.165, 1.54) is 24.3 Å². The molecule has 4 heteroatoms. The van der Waals surface area contributed by atoms with Crippen molar-refractivity contribution in [3.8, 4) is 0 Å². The van der Waals surface area contributed by atoms with Crippen LogP contribution in [0.4, 0.5) is 4.39 Å². The molecule has 0 unspecified atom stereocenters. The second kappa shape index (κ2) is 6.58. The van der Waals surface area contributed by atoms with E-state index in [1.807, 2.05) is 42.5 Å². The van der Waals surface area contributed by atoms with E-state index in [0.717, 1.165) is 16.3 Å². The summed E-state index contributed by atoms with van der Waals surface area (Å²) in [5.41, 5.74) is 0.984. The lowest BCUT2D eigenvalue weighted by atomic mass is 10.0. The van der Waals surface area contributed by atoms with E-state index in [4.69, 9.17) is 0 Å². The molecule has 0 spiro atoms. The first kappa shape index (κ1) is 15.2. The molecule has 0 aliphatic heterocycles. The highest BCUT2D eigenvalue weighted by molar-refractivity contribution is 5.94. The molecule has 0 aliphatic rings. The van der Waals surface area contributed by atoms with Crippen LogP contribution in [0.15, 0.2) is 66.7 Å². The average molecular weight is 309 g/mol. The van der Waals surface area contributed by atoms with Crippen molar-refractivity contribution in [1.82, 2.24) is 5.32 Å². The number of nitrogens with one attached hydrogen (secondary N) is 1. The Morgan fingerprint density at radius 1 is 1.04 bits per heavy atom. The van der Waals surface area contributed by atoms with Crippen LogP contribution in [0.5, 0.6) is 0 Å². The van der Waals surface area contributed by atoms with Crippen molar-refractivity contribution >= 4 is 16.7 Å². The van der Waals surface area contributed by atoms with Gasteiger partial charge in [0.05, 0.1) is 6.10 Å². The number of aliphatic hydroxyl groups excluding tert-OH is 1. The molecule has 2 N–H and O–H groups in total. The maximum Gasteiger partial charge on any atom is 0.251 e. The van der Waals surface area contributed by atoms with Crippen LogP contribution in [-0.2, 0) is 0 Å². The van der Waals surface area contributed by atoms with Crippen molar-refractivity contribution in [3.05, 3.63) is 83.7 Å². The van der Waals surface area contributed by atoms with Crippen LogP contribution in [0.3, 0.4) is 0 Å². The Bertz CT molecular complexity index is 842. The number of carbonyl (C=O) groups excluding carboxylic acids is 1. The molecule has 3 aromatic rings. The summed E-state index contributed by atoms with van der Waals surface area (Å²) in [4.78, 5) is 12.0. The minimum Gasteiger partial charge on any atom is -0.387 e. The van der Waals surface area contributed by atoms with Crippen LogP contribution in [0, 0.1) is 5.82 Å². The van der Waals surface area contributed by atoms with E-state index < -0.39 is 17.8 Å². The summed E-state index contributed by atoms with van der Waals surface area (Å²) in [6, 6.07) is 18.9. The van der Waals surface area contributed by atoms with Gasteiger partial charge in [0.2, 0.25) is 0 Å². The van der Waals surface area contributed by atoms with Gasteiger partial charge in [0.1, 0.15) is 5.82 Å². The van der Waals surface area contributed by atoms with Gasteiger partial charge < -0.3 is 10.4 Å². The molecule has 1 atom stereocenters. The number of hydrogen-bond acceptors (Lipinski definition) is 2. The summed E-state index contributed by atoms with van der Waals surface area (Å²) in [6.07, 6.45) is -0.835.